The molecule has 0 radical (unpaired) electrons. The first-order valence-corrected chi connectivity index (χ1v) is 13.0. The van der Waals surface area contributed by atoms with E-state index in [0.29, 0.717) is 24.9 Å². The van der Waals surface area contributed by atoms with Crippen molar-refractivity contribution in [3.8, 4) is 0 Å². The first-order chi connectivity index (χ1) is 18.5. The summed E-state index contributed by atoms with van der Waals surface area (Å²) in [5.41, 5.74) is 15.9. The van der Waals surface area contributed by atoms with Gasteiger partial charge < -0.3 is 31.7 Å². The van der Waals surface area contributed by atoms with Gasteiger partial charge in [0.25, 0.3) is 5.91 Å². The predicted molar refractivity (Wildman–Crippen MR) is 145 cm³/mol. The molecule has 1 aromatic heterocycles. The highest BCUT2D eigenvalue weighted by Crippen LogP contribution is 2.27. The van der Waals surface area contributed by atoms with Crippen LogP contribution in [0.25, 0.3) is 0 Å². The molecule has 10 heteroatoms. The number of ether oxygens (including phenoxy) is 1. The molecule has 1 aliphatic carbocycles. The fourth-order valence-corrected chi connectivity index (χ4v) is 4.97. The maximum atomic E-state index is 12.7. The molecule has 198 valence electrons. The quantitative estimate of drug-likeness (QED) is 0.372. The molecule has 2 atom stereocenters. The average Bonchev–Trinajstić information content (AvgIpc) is 2.93. The van der Waals surface area contributed by atoms with Crippen molar-refractivity contribution < 1.29 is 14.3 Å². The molecule has 1 fully saturated rings. The maximum absolute atomic E-state index is 12.7. The Morgan fingerprint density at radius 1 is 1.08 bits per heavy atom. The first kappa shape index (κ1) is 25.5. The van der Waals surface area contributed by atoms with Crippen molar-refractivity contribution in [3.05, 3.63) is 77.0 Å². The van der Waals surface area contributed by atoms with E-state index in [1.165, 1.54) is 6.20 Å². The largest absolute Gasteiger partial charge is 0.445 e. The first-order valence-electron chi connectivity index (χ1n) is 13.0. The Morgan fingerprint density at radius 2 is 1.89 bits per heavy atom. The number of nitrogens with two attached hydrogens (primary N) is 2. The minimum atomic E-state index is -0.626. The van der Waals surface area contributed by atoms with Crippen molar-refractivity contribution in [2.75, 3.05) is 17.2 Å². The number of carbonyl (C=O) groups excluding carboxylic acids is 2. The fourth-order valence-electron chi connectivity index (χ4n) is 4.97. The van der Waals surface area contributed by atoms with Crippen LogP contribution in [0.1, 0.15) is 52.7 Å². The van der Waals surface area contributed by atoms with Gasteiger partial charge in [0.2, 0.25) is 5.95 Å². The number of aromatic nitrogens is 2. The van der Waals surface area contributed by atoms with Crippen LogP contribution in [-0.2, 0) is 24.3 Å². The third-order valence-electron chi connectivity index (χ3n) is 7.13. The number of primary amides is 1. The standard InChI is InChI=1S/C28H33N7O3/c29-23-8-4-5-9-24(23)33-27-31-15-22(25(30)36)26(34-27)32-21-11-10-19-12-13-35(16-20(19)14-21)28(37)38-17-18-6-2-1-3-7-18/h1-3,6-7,10-11,14-15,23-24H,4-5,8-9,12-13,16-17,29H2,(H2,30,36)(H2,31,32,33,34)/t23-,24+/m0/s1. The van der Waals surface area contributed by atoms with Crippen LogP contribution in [0, 0.1) is 0 Å². The molecule has 10 nitrogen and oxygen atoms in total. The molecule has 0 spiro atoms. The van der Waals surface area contributed by atoms with Crippen molar-refractivity contribution in [3.63, 3.8) is 0 Å². The molecule has 1 aliphatic heterocycles. The number of rotatable bonds is 7. The van der Waals surface area contributed by atoms with E-state index >= 15 is 0 Å². The highest BCUT2D eigenvalue weighted by molar-refractivity contribution is 5.98. The van der Waals surface area contributed by atoms with Gasteiger partial charge in [0, 0.05) is 37.1 Å². The van der Waals surface area contributed by atoms with Crippen molar-refractivity contribution in [1.82, 2.24) is 14.9 Å². The summed E-state index contributed by atoms with van der Waals surface area (Å²) >= 11 is 0. The lowest BCUT2D eigenvalue weighted by Crippen LogP contribution is -2.43. The molecular weight excluding hydrogens is 482 g/mol. The van der Waals surface area contributed by atoms with Crippen LogP contribution in [0.4, 0.5) is 22.2 Å². The van der Waals surface area contributed by atoms with Crippen LogP contribution in [0.2, 0.25) is 0 Å². The summed E-state index contributed by atoms with van der Waals surface area (Å²) in [6, 6.07) is 15.6. The summed E-state index contributed by atoms with van der Waals surface area (Å²) in [7, 11) is 0. The summed E-state index contributed by atoms with van der Waals surface area (Å²) < 4.78 is 5.52. The Morgan fingerprint density at radius 3 is 2.68 bits per heavy atom. The monoisotopic (exact) mass is 515 g/mol. The molecule has 0 bridgehead atoms. The zero-order chi connectivity index (χ0) is 26.5. The number of fused-ring (bicyclic) bond motifs is 1. The Hall–Kier alpha value is -4.18. The van der Waals surface area contributed by atoms with Crippen LogP contribution in [0.15, 0.2) is 54.7 Å². The third kappa shape index (κ3) is 6.03. The zero-order valence-electron chi connectivity index (χ0n) is 21.2. The van der Waals surface area contributed by atoms with Crippen molar-refractivity contribution >= 4 is 29.5 Å². The number of hydrogen-bond acceptors (Lipinski definition) is 8. The Bertz CT molecular complexity index is 1300. The summed E-state index contributed by atoms with van der Waals surface area (Å²) in [6.07, 6.45) is 5.92. The minimum Gasteiger partial charge on any atom is -0.445 e. The van der Waals surface area contributed by atoms with Crippen LogP contribution in [0.3, 0.4) is 0 Å². The van der Waals surface area contributed by atoms with Crippen LogP contribution >= 0.6 is 0 Å². The normalized spacial score (nSPS) is 18.8. The molecule has 0 unspecified atom stereocenters. The molecule has 3 aromatic rings. The second-order valence-corrected chi connectivity index (χ2v) is 9.84. The Balaban J connectivity index is 1.29. The second-order valence-electron chi connectivity index (χ2n) is 9.84. The minimum absolute atomic E-state index is 0.0301. The molecule has 1 saturated carbocycles. The van der Waals surface area contributed by atoms with Gasteiger partial charge in [-0.25, -0.2) is 9.78 Å². The molecule has 0 saturated heterocycles. The van der Waals surface area contributed by atoms with Crippen LogP contribution < -0.4 is 22.1 Å². The SMILES string of the molecule is NC(=O)c1cnc(N[C@@H]2CCCC[C@@H]2N)nc1Nc1ccc2c(c1)CN(C(=O)OCc1ccccc1)CC2. The van der Waals surface area contributed by atoms with Crippen LogP contribution in [-0.4, -0.2) is 45.5 Å². The molecule has 2 aliphatic rings. The van der Waals surface area contributed by atoms with Crippen molar-refractivity contribution in [2.45, 2.75) is 57.3 Å². The van der Waals surface area contributed by atoms with Crippen molar-refractivity contribution in [1.29, 1.82) is 0 Å². The predicted octanol–water partition coefficient (Wildman–Crippen LogP) is 3.70. The molecular formula is C28H33N7O3. The van der Waals surface area contributed by atoms with Crippen LogP contribution in [0.5, 0.6) is 0 Å². The van der Waals surface area contributed by atoms with Gasteiger partial charge in [0.05, 0.1) is 0 Å². The van der Waals surface area contributed by atoms with E-state index in [1.54, 1.807) is 4.90 Å². The molecule has 2 aromatic carbocycles. The molecule has 2 amide bonds. The maximum Gasteiger partial charge on any atom is 0.410 e. The lowest BCUT2D eigenvalue weighted by atomic mass is 9.91. The Labute approximate surface area is 221 Å². The molecule has 6 N–H and O–H groups in total. The fraction of sp³-hybridized carbons (Fsp3) is 0.357. The second kappa shape index (κ2) is 11.5. The van der Waals surface area contributed by atoms with E-state index in [0.717, 1.165) is 54.5 Å². The molecule has 38 heavy (non-hydrogen) atoms. The summed E-state index contributed by atoms with van der Waals surface area (Å²) in [5, 5.41) is 6.54. The van der Waals surface area contributed by atoms with Gasteiger partial charge in [-0.3, -0.25) is 4.79 Å². The number of benzene rings is 2. The number of nitrogens with one attached hydrogen (secondary N) is 2. The lowest BCUT2D eigenvalue weighted by molar-refractivity contribution is 0.0918. The topological polar surface area (TPSA) is 148 Å². The highest BCUT2D eigenvalue weighted by atomic mass is 16.6. The van der Waals surface area contributed by atoms with E-state index in [1.807, 2.05) is 48.5 Å². The lowest BCUT2D eigenvalue weighted by Gasteiger charge is -2.29. The highest BCUT2D eigenvalue weighted by Gasteiger charge is 2.24. The van der Waals surface area contributed by atoms with E-state index in [4.69, 9.17) is 16.2 Å². The number of carbonyl (C=O) groups is 2. The summed E-state index contributed by atoms with van der Waals surface area (Å²) in [6.45, 7) is 1.25. The Kier molecular flexibility index (Phi) is 7.69. The number of nitrogens with zero attached hydrogens (tertiary/aromatic N) is 3. The number of amides is 2. The van der Waals surface area contributed by atoms with Gasteiger partial charge in [-0.15, -0.1) is 0 Å². The van der Waals surface area contributed by atoms with Gasteiger partial charge in [-0.2, -0.15) is 4.98 Å². The average molecular weight is 516 g/mol. The smallest absolute Gasteiger partial charge is 0.410 e. The van der Waals surface area contributed by atoms with E-state index in [-0.39, 0.29) is 30.3 Å². The van der Waals surface area contributed by atoms with E-state index < -0.39 is 5.91 Å². The molecule has 5 rings (SSSR count). The van der Waals surface area contributed by atoms with Gasteiger partial charge in [-0.05, 0) is 48.1 Å². The zero-order valence-corrected chi connectivity index (χ0v) is 21.2. The molecule has 2 heterocycles. The third-order valence-corrected chi connectivity index (χ3v) is 7.13. The van der Waals surface area contributed by atoms with Gasteiger partial charge >= 0.3 is 6.09 Å². The van der Waals surface area contributed by atoms with Gasteiger partial charge in [-0.1, -0.05) is 49.2 Å². The van der Waals surface area contributed by atoms with Gasteiger partial charge in [0.15, 0.2) is 0 Å². The van der Waals surface area contributed by atoms with E-state index in [2.05, 4.69) is 20.6 Å². The summed E-state index contributed by atoms with van der Waals surface area (Å²) in [4.78, 5) is 35.3. The number of hydrogen-bond donors (Lipinski definition) is 4. The summed E-state index contributed by atoms with van der Waals surface area (Å²) in [5.74, 6) is 0.0816. The van der Waals surface area contributed by atoms with Crippen molar-refractivity contribution in [2.24, 2.45) is 11.5 Å². The van der Waals surface area contributed by atoms with E-state index in [9.17, 15) is 9.59 Å². The van der Waals surface area contributed by atoms with Gasteiger partial charge in [0.1, 0.15) is 18.0 Å². The number of anilines is 3.